The number of nitrogens with one attached hydrogen (secondary N) is 1. The maximum absolute atomic E-state index is 12.9. The maximum atomic E-state index is 12.9. The van der Waals surface area contributed by atoms with Gasteiger partial charge in [-0.25, -0.2) is 14.2 Å². The van der Waals surface area contributed by atoms with Crippen molar-refractivity contribution in [2.24, 2.45) is 0 Å². The Morgan fingerprint density at radius 3 is 2.38 bits per heavy atom. The predicted octanol–water partition coefficient (Wildman–Crippen LogP) is 3.51. The molecule has 0 bridgehead atoms. The van der Waals surface area contributed by atoms with Crippen molar-refractivity contribution in [2.45, 2.75) is 31.2 Å². The first-order valence-corrected chi connectivity index (χ1v) is 11.0. The number of amides is 2. The number of carboxylic acids is 1. The van der Waals surface area contributed by atoms with Gasteiger partial charge in [0, 0.05) is 12.5 Å². The summed E-state index contributed by atoms with van der Waals surface area (Å²) >= 11 is 0. The number of benzene rings is 2. The molecule has 0 spiro atoms. The summed E-state index contributed by atoms with van der Waals surface area (Å²) in [5, 5.41) is 19.0. The second-order valence-corrected chi connectivity index (χ2v) is 8.26. The van der Waals surface area contributed by atoms with Crippen LogP contribution in [0.3, 0.4) is 0 Å². The fourth-order valence-electron chi connectivity index (χ4n) is 4.71. The number of nitrogens with zero attached hydrogens (tertiary/aromatic N) is 3. The number of aromatic nitrogens is 2. The van der Waals surface area contributed by atoms with E-state index in [1.807, 2.05) is 48.5 Å². The summed E-state index contributed by atoms with van der Waals surface area (Å²) in [6, 6.07) is 15.0. The van der Waals surface area contributed by atoms with E-state index in [2.05, 4.69) is 20.3 Å². The van der Waals surface area contributed by atoms with Gasteiger partial charge in [0.2, 0.25) is 11.5 Å². The third-order valence-electron chi connectivity index (χ3n) is 6.30. The number of fused-ring (bicyclic) bond motifs is 3. The highest BCUT2D eigenvalue weighted by Crippen LogP contribution is 2.44. The molecular weight excluding hydrogens is 440 g/mol. The third kappa shape index (κ3) is 3.87. The Kier molecular flexibility index (Phi) is 5.70. The van der Waals surface area contributed by atoms with Crippen LogP contribution in [0, 0.1) is 0 Å². The minimum absolute atomic E-state index is 0.0850. The van der Waals surface area contributed by atoms with Crippen molar-refractivity contribution in [1.82, 2.24) is 15.2 Å². The number of piperidine rings is 1. The smallest absolute Gasteiger partial charge is 0.412 e. The molecule has 0 radical (unpaired) electrons. The lowest BCUT2D eigenvalue weighted by Gasteiger charge is -2.32. The van der Waals surface area contributed by atoms with E-state index in [0.29, 0.717) is 19.3 Å². The van der Waals surface area contributed by atoms with E-state index >= 15 is 0 Å². The van der Waals surface area contributed by atoms with Crippen molar-refractivity contribution in [2.75, 3.05) is 18.5 Å². The van der Waals surface area contributed by atoms with Gasteiger partial charge >= 0.3 is 12.1 Å². The first-order valence-electron chi connectivity index (χ1n) is 11.0. The Labute approximate surface area is 194 Å². The summed E-state index contributed by atoms with van der Waals surface area (Å²) in [5.74, 6) is -2.09. The Bertz CT molecular complexity index is 1210. The van der Waals surface area contributed by atoms with Gasteiger partial charge < -0.3 is 14.7 Å². The topological polar surface area (TPSA) is 135 Å². The van der Waals surface area contributed by atoms with Crippen molar-refractivity contribution < 1.29 is 28.9 Å². The number of anilines is 1. The number of rotatable bonds is 5. The molecular formula is C24H22N4O6. The number of likely N-dealkylation sites (tertiary alicyclic amines) is 1. The van der Waals surface area contributed by atoms with Gasteiger partial charge in [0.15, 0.2) is 0 Å². The summed E-state index contributed by atoms with van der Waals surface area (Å²) in [6.07, 6.45) is 0.917. The molecule has 1 aliphatic heterocycles. The first kappa shape index (κ1) is 21.6. The fraction of sp³-hybridized carbons (Fsp3) is 0.292. The molecule has 5 rings (SSSR count). The highest BCUT2D eigenvalue weighted by Gasteiger charge is 2.36. The molecule has 174 valence electrons. The van der Waals surface area contributed by atoms with Gasteiger partial charge in [0.1, 0.15) is 12.6 Å². The van der Waals surface area contributed by atoms with E-state index in [1.165, 1.54) is 4.90 Å². The van der Waals surface area contributed by atoms with Crippen LogP contribution >= 0.6 is 0 Å². The van der Waals surface area contributed by atoms with Gasteiger partial charge in [-0.1, -0.05) is 48.5 Å². The van der Waals surface area contributed by atoms with Crippen molar-refractivity contribution in [1.29, 1.82) is 0 Å². The number of carbonyl (C=O) groups excluding carboxylic acids is 2. The summed E-state index contributed by atoms with van der Waals surface area (Å²) in [7, 11) is 0. The lowest BCUT2D eigenvalue weighted by Crippen LogP contribution is -2.48. The maximum Gasteiger partial charge on any atom is 0.412 e. The quantitative estimate of drug-likeness (QED) is 0.588. The highest BCUT2D eigenvalue weighted by atomic mass is 16.6. The average molecular weight is 462 g/mol. The van der Waals surface area contributed by atoms with Gasteiger partial charge in [0.05, 0.1) is 0 Å². The van der Waals surface area contributed by atoms with E-state index < -0.39 is 24.0 Å². The van der Waals surface area contributed by atoms with Crippen molar-refractivity contribution in [3.8, 4) is 11.1 Å². The monoisotopic (exact) mass is 462 g/mol. The number of hydrogen-bond acceptors (Lipinski definition) is 7. The van der Waals surface area contributed by atoms with Crippen LogP contribution in [0.5, 0.6) is 0 Å². The molecule has 1 aliphatic carbocycles. The van der Waals surface area contributed by atoms with Crippen molar-refractivity contribution in [3.63, 3.8) is 0 Å². The van der Waals surface area contributed by atoms with Crippen LogP contribution in [0.1, 0.15) is 46.8 Å². The molecule has 1 unspecified atom stereocenters. The fourth-order valence-corrected chi connectivity index (χ4v) is 4.71. The molecule has 2 aromatic carbocycles. The summed E-state index contributed by atoms with van der Waals surface area (Å²) in [5.41, 5.74) is 4.09. The zero-order valence-corrected chi connectivity index (χ0v) is 18.1. The Morgan fingerprint density at radius 1 is 1.03 bits per heavy atom. The molecule has 3 aromatic rings. The van der Waals surface area contributed by atoms with E-state index in [0.717, 1.165) is 22.3 Å². The summed E-state index contributed by atoms with van der Waals surface area (Å²) in [4.78, 5) is 38.2. The first-order chi connectivity index (χ1) is 16.5. The molecule has 10 nitrogen and oxygen atoms in total. The van der Waals surface area contributed by atoms with Crippen LogP contribution < -0.4 is 5.32 Å². The lowest BCUT2D eigenvalue weighted by molar-refractivity contribution is -0.143. The zero-order valence-electron chi connectivity index (χ0n) is 18.1. The molecule has 34 heavy (non-hydrogen) atoms. The van der Waals surface area contributed by atoms with Crippen LogP contribution in [-0.4, -0.2) is 57.5 Å². The normalized spacial score (nSPS) is 17.1. The number of ether oxygens (including phenoxy) is 1. The summed E-state index contributed by atoms with van der Waals surface area (Å²) in [6.45, 7) is 0.356. The van der Waals surface area contributed by atoms with E-state index in [1.54, 1.807) is 0 Å². The van der Waals surface area contributed by atoms with Gasteiger partial charge in [-0.05, 0) is 51.8 Å². The number of carboxylic acid groups (broad SMARTS) is 1. The molecule has 1 saturated heterocycles. The Balaban J connectivity index is 1.28. The predicted molar refractivity (Wildman–Crippen MR) is 119 cm³/mol. The largest absolute Gasteiger partial charge is 0.480 e. The molecule has 1 fully saturated rings. The second kappa shape index (κ2) is 8.97. The van der Waals surface area contributed by atoms with E-state index in [4.69, 9.17) is 4.74 Å². The molecule has 2 aliphatic rings. The van der Waals surface area contributed by atoms with Gasteiger partial charge in [-0.15, -0.1) is 0 Å². The number of carbonyl (C=O) groups is 3. The minimum atomic E-state index is -1.09. The number of aliphatic carboxylic acids is 1. The molecule has 1 atom stereocenters. The van der Waals surface area contributed by atoms with Crippen molar-refractivity contribution in [3.05, 3.63) is 65.4 Å². The summed E-state index contributed by atoms with van der Waals surface area (Å²) < 4.78 is 10.1. The average Bonchev–Trinajstić information content (AvgIpc) is 3.44. The third-order valence-corrected chi connectivity index (χ3v) is 6.30. The molecule has 2 N–H and O–H groups in total. The van der Waals surface area contributed by atoms with E-state index in [-0.39, 0.29) is 30.6 Å². The van der Waals surface area contributed by atoms with Crippen LogP contribution in [0.25, 0.3) is 11.1 Å². The molecule has 2 amide bonds. The molecule has 2 heterocycles. The SMILES string of the molecule is O=C(Nc1nonc1C(=O)N1CCCCC1C(=O)O)OCC1c2ccccc2-c2ccccc21. The van der Waals surface area contributed by atoms with E-state index in [9.17, 15) is 19.5 Å². The number of hydrogen-bond donors (Lipinski definition) is 2. The van der Waals surface area contributed by atoms with Gasteiger partial charge in [0.25, 0.3) is 5.91 Å². The van der Waals surface area contributed by atoms with Gasteiger partial charge in [-0.3, -0.25) is 10.1 Å². The van der Waals surface area contributed by atoms with Crippen LogP contribution in [0.2, 0.25) is 0 Å². The minimum Gasteiger partial charge on any atom is -0.480 e. The van der Waals surface area contributed by atoms with Crippen LogP contribution in [-0.2, 0) is 9.53 Å². The molecule has 1 aromatic heterocycles. The molecule has 0 saturated carbocycles. The zero-order chi connectivity index (χ0) is 23.7. The standard InChI is InChI=1S/C24H22N4O6/c29-22(28-12-6-5-11-19(28)23(30)31)20-21(27-34-26-20)25-24(32)33-13-18-16-9-3-1-7-14(16)15-8-2-4-10-17(15)18/h1-4,7-10,18-19H,5-6,11-13H2,(H,30,31)(H,25,27,32). The van der Waals surface area contributed by atoms with Crippen LogP contribution in [0.15, 0.2) is 53.2 Å². The molecule has 10 heteroatoms. The lowest BCUT2D eigenvalue weighted by atomic mass is 9.98. The second-order valence-electron chi connectivity index (χ2n) is 8.26. The van der Waals surface area contributed by atoms with Crippen molar-refractivity contribution >= 4 is 23.8 Å². The van der Waals surface area contributed by atoms with Crippen LogP contribution in [0.4, 0.5) is 10.6 Å². The van der Waals surface area contributed by atoms with Gasteiger partial charge in [-0.2, -0.15) is 0 Å². The highest BCUT2D eigenvalue weighted by molar-refractivity contribution is 6.01. The Morgan fingerprint density at radius 2 is 1.71 bits per heavy atom. The Hall–Kier alpha value is -4.21.